The Bertz CT molecular complexity index is 1250. The van der Waals surface area contributed by atoms with E-state index in [2.05, 4.69) is 60.0 Å². The summed E-state index contributed by atoms with van der Waals surface area (Å²) in [6.07, 6.45) is 5.48. The molecule has 2 atom stereocenters. The quantitative estimate of drug-likeness (QED) is 0.403. The van der Waals surface area contributed by atoms with E-state index in [1.807, 2.05) is 62.9 Å². The Hall–Kier alpha value is -3.42. The maximum atomic E-state index is 6.08. The highest BCUT2D eigenvalue weighted by atomic mass is 35.5. The Morgan fingerprint density at radius 1 is 0.970 bits per heavy atom. The average molecular weight is 475 g/mol. The van der Waals surface area contributed by atoms with E-state index in [1.165, 1.54) is 0 Å². The van der Waals surface area contributed by atoms with Crippen molar-refractivity contribution in [3.05, 3.63) is 102 Å². The van der Waals surface area contributed by atoms with Crippen LogP contribution in [0, 0.1) is 0 Å². The molecule has 33 heavy (non-hydrogen) atoms. The van der Waals surface area contributed by atoms with Crippen LogP contribution < -0.4 is 15.1 Å². The molecule has 0 amide bonds. The Morgan fingerprint density at radius 2 is 1.79 bits per heavy atom. The minimum absolute atomic E-state index is 0.131. The van der Waals surface area contributed by atoms with Gasteiger partial charge in [-0.15, -0.1) is 0 Å². The normalized spacial score (nSPS) is 17.8. The van der Waals surface area contributed by atoms with Crippen molar-refractivity contribution in [2.45, 2.75) is 12.1 Å². The second kappa shape index (κ2) is 8.84. The van der Waals surface area contributed by atoms with Crippen LogP contribution in [0.1, 0.15) is 23.5 Å². The summed E-state index contributed by atoms with van der Waals surface area (Å²) in [5.74, 6) is 0.792. The SMILES string of the molecule is CN(C)c1ccc(N2C(=S)N[C@@H](c3ccccn3)[C@H]2c2cccn2-c2ccc(Cl)cn2)cc1. The number of nitrogens with zero attached hydrogens (tertiary/aromatic N) is 5. The van der Waals surface area contributed by atoms with Crippen molar-refractivity contribution in [3.63, 3.8) is 0 Å². The number of anilines is 2. The molecule has 1 fully saturated rings. The molecule has 0 unspecified atom stereocenters. The lowest BCUT2D eigenvalue weighted by molar-refractivity contribution is 0.548. The molecule has 0 radical (unpaired) electrons. The molecule has 3 aromatic heterocycles. The van der Waals surface area contributed by atoms with Gasteiger partial charge in [0.25, 0.3) is 0 Å². The Balaban J connectivity index is 1.63. The fourth-order valence-electron chi connectivity index (χ4n) is 4.20. The fourth-order valence-corrected chi connectivity index (χ4v) is 4.66. The molecule has 1 aliphatic rings. The van der Waals surface area contributed by atoms with E-state index in [-0.39, 0.29) is 12.1 Å². The minimum atomic E-state index is -0.134. The van der Waals surface area contributed by atoms with Gasteiger partial charge in [0.05, 0.1) is 16.8 Å². The first-order valence-corrected chi connectivity index (χ1v) is 11.4. The van der Waals surface area contributed by atoms with Gasteiger partial charge in [-0.2, -0.15) is 0 Å². The van der Waals surface area contributed by atoms with Crippen molar-refractivity contribution >= 4 is 40.3 Å². The molecular formula is C25H23ClN6S. The topological polar surface area (TPSA) is 49.2 Å². The molecule has 166 valence electrons. The van der Waals surface area contributed by atoms with E-state index >= 15 is 0 Å². The average Bonchev–Trinajstić information content (AvgIpc) is 3.44. The van der Waals surface area contributed by atoms with Crippen LogP contribution in [0.2, 0.25) is 5.02 Å². The van der Waals surface area contributed by atoms with Gasteiger partial charge in [0.2, 0.25) is 0 Å². The Labute approximate surface area is 203 Å². The fraction of sp³-hybridized carbons (Fsp3) is 0.160. The zero-order valence-electron chi connectivity index (χ0n) is 18.3. The minimum Gasteiger partial charge on any atom is -0.378 e. The first kappa shape index (κ1) is 21.4. The van der Waals surface area contributed by atoms with Gasteiger partial charge in [0.15, 0.2) is 5.11 Å². The van der Waals surface area contributed by atoms with E-state index in [0.717, 1.165) is 28.6 Å². The third kappa shape index (κ3) is 4.05. The second-order valence-electron chi connectivity index (χ2n) is 8.05. The highest BCUT2D eigenvalue weighted by molar-refractivity contribution is 7.80. The van der Waals surface area contributed by atoms with Crippen molar-refractivity contribution in [3.8, 4) is 5.82 Å². The lowest BCUT2D eigenvalue weighted by Crippen LogP contribution is -2.30. The molecule has 8 heteroatoms. The van der Waals surface area contributed by atoms with Gasteiger partial charge in [-0.25, -0.2) is 4.98 Å². The third-order valence-corrected chi connectivity index (χ3v) is 6.32. The highest BCUT2D eigenvalue weighted by Crippen LogP contribution is 2.42. The second-order valence-corrected chi connectivity index (χ2v) is 8.87. The number of thiocarbonyl (C=S) groups is 1. The number of benzene rings is 1. The predicted molar refractivity (Wildman–Crippen MR) is 137 cm³/mol. The maximum Gasteiger partial charge on any atom is 0.174 e. The Kier molecular flexibility index (Phi) is 5.74. The number of halogens is 1. The molecule has 0 bridgehead atoms. The first-order valence-electron chi connectivity index (χ1n) is 10.6. The Morgan fingerprint density at radius 3 is 2.45 bits per heavy atom. The van der Waals surface area contributed by atoms with Crippen LogP contribution in [0.25, 0.3) is 5.82 Å². The molecule has 6 nitrogen and oxygen atoms in total. The predicted octanol–water partition coefficient (Wildman–Crippen LogP) is 5.16. The van der Waals surface area contributed by atoms with Crippen molar-refractivity contribution in [2.24, 2.45) is 0 Å². The first-order chi connectivity index (χ1) is 16.0. The van der Waals surface area contributed by atoms with Crippen LogP contribution in [0.5, 0.6) is 0 Å². The van der Waals surface area contributed by atoms with E-state index in [1.54, 1.807) is 6.20 Å². The lowest BCUT2D eigenvalue weighted by Gasteiger charge is -2.29. The van der Waals surface area contributed by atoms with Crippen LogP contribution >= 0.6 is 23.8 Å². The largest absolute Gasteiger partial charge is 0.378 e. The monoisotopic (exact) mass is 474 g/mol. The number of hydrogen-bond donors (Lipinski definition) is 1. The van der Waals surface area contributed by atoms with Crippen LogP contribution in [0.3, 0.4) is 0 Å². The number of rotatable bonds is 5. The van der Waals surface area contributed by atoms with Crippen LogP contribution in [0.15, 0.2) is 85.3 Å². The molecule has 0 aliphatic carbocycles. The zero-order chi connectivity index (χ0) is 22.9. The van der Waals surface area contributed by atoms with Gasteiger partial charge in [-0.05, 0) is 72.9 Å². The van der Waals surface area contributed by atoms with E-state index in [0.29, 0.717) is 10.1 Å². The van der Waals surface area contributed by atoms with Gasteiger partial charge in [-0.1, -0.05) is 17.7 Å². The maximum absolute atomic E-state index is 6.08. The molecule has 4 aromatic rings. The number of nitrogens with one attached hydrogen (secondary N) is 1. The van der Waals surface area contributed by atoms with Crippen LogP contribution in [-0.4, -0.2) is 33.7 Å². The van der Waals surface area contributed by atoms with Crippen molar-refractivity contribution in [1.82, 2.24) is 19.9 Å². The van der Waals surface area contributed by atoms with Gasteiger partial charge < -0.3 is 19.7 Å². The summed E-state index contributed by atoms with van der Waals surface area (Å²) in [4.78, 5) is 13.4. The van der Waals surface area contributed by atoms with Crippen molar-refractivity contribution < 1.29 is 0 Å². The van der Waals surface area contributed by atoms with Gasteiger partial charge in [0, 0.05) is 49.8 Å². The standard InChI is InChI=1S/C25H23ClN6S/c1-30(2)18-9-11-19(12-10-18)32-24(23(29-25(32)33)20-6-3-4-14-27-20)21-7-5-15-31(21)22-13-8-17(26)16-28-22/h3-16,23-24H,1-2H3,(H,29,33)/t23-,24+/m0/s1. The molecule has 5 rings (SSSR count). The number of pyridine rings is 2. The molecular weight excluding hydrogens is 452 g/mol. The zero-order valence-corrected chi connectivity index (χ0v) is 19.8. The summed E-state index contributed by atoms with van der Waals surface area (Å²) in [7, 11) is 4.06. The molecule has 1 aromatic carbocycles. The van der Waals surface area contributed by atoms with Crippen LogP contribution in [0.4, 0.5) is 11.4 Å². The number of aromatic nitrogens is 3. The lowest BCUT2D eigenvalue weighted by atomic mass is 10.0. The van der Waals surface area contributed by atoms with E-state index in [9.17, 15) is 0 Å². The van der Waals surface area contributed by atoms with Crippen molar-refractivity contribution in [1.29, 1.82) is 0 Å². The smallest absolute Gasteiger partial charge is 0.174 e. The molecule has 0 saturated carbocycles. The summed E-state index contributed by atoms with van der Waals surface area (Å²) >= 11 is 11.9. The van der Waals surface area contributed by atoms with Gasteiger partial charge in [0.1, 0.15) is 11.9 Å². The van der Waals surface area contributed by atoms with E-state index < -0.39 is 0 Å². The highest BCUT2D eigenvalue weighted by Gasteiger charge is 2.42. The molecule has 1 N–H and O–H groups in total. The molecule has 0 spiro atoms. The van der Waals surface area contributed by atoms with E-state index in [4.69, 9.17) is 23.8 Å². The summed E-state index contributed by atoms with van der Waals surface area (Å²) in [5, 5.41) is 4.77. The van der Waals surface area contributed by atoms with Gasteiger partial charge in [-0.3, -0.25) is 4.98 Å². The molecule has 1 aliphatic heterocycles. The summed E-state index contributed by atoms with van der Waals surface area (Å²) in [5.41, 5.74) is 4.11. The molecule has 1 saturated heterocycles. The summed E-state index contributed by atoms with van der Waals surface area (Å²) in [6, 6.07) is 22.0. The third-order valence-electron chi connectivity index (χ3n) is 5.78. The summed E-state index contributed by atoms with van der Waals surface area (Å²) < 4.78 is 2.08. The summed E-state index contributed by atoms with van der Waals surface area (Å²) in [6.45, 7) is 0. The van der Waals surface area contributed by atoms with Crippen molar-refractivity contribution in [2.75, 3.05) is 23.9 Å². The molecule has 4 heterocycles. The van der Waals surface area contributed by atoms with Gasteiger partial charge >= 0.3 is 0 Å². The van der Waals surface area contributed by atoms with Crippen LogP contribution in [-0.2, 0) is 0 Å². The number of hydrogen-bond acceptors (Lipinski definition) is 4.